The summed E-state index contributed by atoms with van der Waals surface area (Å²) in [5.74, 6) is 0. The molecule has 0 atom stereocenters. The summed E-state index contributed by atoms with van der Waals surface area (Å²) in [6.07, 6.45) is 0. The van der Waals surface area contributed by atoms with Crippen LogP contribution in [0.5, 0.6) is 0 Å². The fourth-order valence-corrected chi connectivity index (χ4v) is 3.84. The number of hydrogen-bond acceptors (Lipinski definition) is 5. The number of hydrogen-bond donors (Lipinski definition) is 3. The van der Waals surface area contributed by atoms with Crippen molar-refractivity contribution in [3.05, 3.63) is 22.7 Å². The summed E-state index contributed by atoms with van der Waals surface area (Å²) < 4.78 is 27.2. The van der Waals surface area contributed by atoms with Gasteiger partial charge in [0.05, 0.1) is 11.6 Å². The van der Waals surface area contributed by atoms with Crippen molar-refractivity contribution in [2.45, 2.75) is 25.3 Å². The van der Waals surface area contributed by atoms with E-state index in [0.29, 0.717) is 6.54 Å². The third-order valence-corrected chi connectivity index (χ3v) is 5.31. The van der Waals surface area contributed by atoms with Crippen molar-refractivity contribution in [3.8, 4) is 0 Å². The molecule has 6 nitrogen and oxygen atoms in total. The van der Waals surface area contributed by atoms with Crippen molar-refractivity contribution in [1.82, 2.24) is 9.62 Å². The highest BCUT2D eigenvalue weighted by atomic mass is 35.5. The van der Waals surface area contributed by atoms with Crippen molar-refractivity contribution in [2.75, 3.05) is 31.9 Å². The average Bonchev–Trinajstić information content (AvgIpc) is 2.45. The van der Waals surface area contributed by atoms with Crippen LogP contribution in [0.1, 0.15) is 19.4 Å². The van der Waals surface area contributed by atoms with Gasteiger partial charge in [-0.05, 0) is 25.2 Å². The van der Waals surface area contributed by atoms with Gasteiger partial charge in [0.25, 0.3) is 0 Å². The number of nitrogens with two attached hydrogens (primary N) is 1. The van der Waals surface area contributed by atoms with Crippen LogP contribution in [-0.4, -0.2) is 44.6 Å². The van der Waals surface area contributed by atoms with E-state index in [4.69, 9.17) is 17.3 Å². The van der Waals surface area contributed by atoms with Gasteiger partial charge in [0.15, 0.2) is 0 Å². The zero-order valence-electron chi connectivity index (χ0n) is 12.3. The molecule has 8 heteroatoms. The van der Waals surface area contributed by atoms with Gasteiger partial charge in [0, 0.05) is 24.3 Å². The van der Waals surface area contributed by atoms with Crippen LogP contribution in [0, 0.1) is 0 Å². The average molecular weight is 336 g/mol. The quantitative estimate of drug-likeness (QED) is 0.617. The zero-order chi connectivity index (χ0) is 16.0. The summed E-state index contributed by atoms with van der Waals surface area (Å²) >= 11 is 5.96. The van der Waals surface area contributed by atoms with E-state index in [1.165, 1.54) is 12.1 Å². The second kappa shape index (κ2) is 7.95. The first-order valence-electron chi connectivity index (χ1n) is 6.77. The van der Waals surface area contributed by atoms with Crippen LogP contribution in [0.4, 0.5) is 5.69 Å². The minimum Gasteiger partial charge on any atom is -0.398 e. The van der Waals surface area contributed by atoms with Crippen LogP contribution in [0.3, 0.4) is 0 Å². The molecule has 4 N–H and O–H groups in total. The predicted molar refractivity (Wildman–Crippen MR) is 84.8 cm³/mol. The SMILES string of the molecule is CCN(CC)CCNS(=O)(=O)c1c(Cl)ccc(N)c1CO. The molecule has 0 aromatic heterocycles. The second-order valence-corrected chi connectivity index (χ2v) is 6.64. The van der Waals surface area contributed by atoms with Gasteiger partial charge in [0.1, 0.15) is 4.90 Å². The maximum atomic E-state index is 12.4. The van der Waals surface area contributed by atoms with E-state index in [-0.39, 0.29) is 27.7 Å². The lowest BCUT2D eigenvalue weighted by Gasteiger charge is -2.19. The minimum absolute atomic E-state index is 0.0450. The number of nitrogens with zero attached hydrogens (tertiary/aromatic N) is 1. The summed E-state index contributed by atoms with van der Waals surface area (Å²) in [5, 5.41) is 9.38. The van der Waals surface area contributed by atoms with Gasteiger partial charge in [-0.2, -0.15) is 0 Å². The highest BCUT2D eigenvalue weighted by Gasteiger charge is 2.23. The van der Waals surface area contributed by atoms with E-state index >= 15 is 0 Å². The summed E-state index contributed by atoms with van der Waals surface area (Å²) in [5.41, 5.74) is 6.02. The zero-order valence-corrected chi connectivity index (χ0v) is 13.8. The smallest absolute Gasteiger partial charge is 0.242 e. The number of aliphatic hydroxyl groups is 1. The first-order chi connectivity index (χ1) is 9.87. The minimum atomic E-state index is -3.82. The molecule has 0 radical (unpaired) electrons. The predicted octanol–water partition coefficient (Wildman–Crippen LogP) is 1.03. The Labute approximate surface area is 130 Å². The van der Waals surface area contributed by atoms with Gasteiger partial charge in [-0.15, -0.1) is 0 Å². The fraction of sp³-hybridized carbons (Fsp3) is 0.538. The first kappa shape index (κ1) is 18.2. The van der Waals surface area contributed by atoms with Crippen molar-refractivity contribution in [3.63, 3.8) is 0 Å². The van der Waals surface area contributed by atoms with Gasteiger partial charge in [-0.1, -0.05) is 25.4 Å². The first-order valence-corrected chi connectivity index (χ1v) is 8.63. The Bertz CT molecular complexity index is 574. The standard InChI is InChI=1S/C13H22ClN3O3S/c1-3-17(4-2)8-7-16-21(19,20)13-10(9-18)12(15)6-5-11(13)14/h5-6,16,18H,3-4,7-9,15H2,1-2H3. The number of nitrogens with one attached hydrogen (secondary N) is 1. The summed E-state index contributed by atoms with van der Waals surface area (Å²) in [6, 6.07) is 2.89. The van der Waals surface area contributed by atoms with Gasteiger partial charge in [-0.25, -0.2) is 13.1 Å². The Morgan fingerprint density at radius 1 is 1.33 bits per heavy atom. The Hall–Kier alpha value is -0.860. The summed E-state index contributed by atoms with van der Waals surface area (Å²) in [6.45, 7) is 6.09. The number of rotatable bonds is 8. The van der Waals surface area contributed by atoms with Gasteiger partial charge < -0.3 is 15.7 Å². The molecule has 1 aromatic carbocycles. The lowest BCUT2D eigenvalue weighted by molar-refractivity contribution is 0.279. The molecular weight excluding hydrogens is 314 g/mol. The van der Waals surface area contributed by atoms with Gasteiger partial charge >= 0.3 is 0 Å². The number of anilines is 1. The third-order valence-electron chi connectivity index (χ3n) is 3.29. The molecule has 0 bridgehead atoms. The molecule has 0 unspecified atom stereocenters. The molecule has 1 rings (SSSR count). The molecule has 0 spiro atoms. The lowest BCUT2D eigenvalue weighted by Crippen LogP contribution is -2.35. The molecule has 120 valence electrons. The molecule has 0 fully saturated rings. The number of likely N-dealkylation sites (N-methyl/N-ethyl adjacent to an activating group) is 1. The van der Waals surface area contributed by atoms with Crippen LogP contribution in [-0.2, 0) is 16.6 Å². The Kier molecular flexibility index (Phi) is 6.89. The van der Waals surface area contributed by atoms with Crippen LogP contribution in [0.2, 0.25) is 5.02 Å². The van der Waals surface area contributed by atoms with Gasteiger partial charge in [-0.3, -0.25) is 0 Å². The van der Waals surface area contributed by atoms with E-state index in [2.05, 4.69) is 9.62 Å². The Morgan fingerprint density at radius 3 is 2.48 bits per heavy atom. The highest BCUT2D eigenvalue weighted by Crippen LogP contribution is 2.29. The molecule has 0 aliphatic heterocycles. The summed E-state index contributed by atoms with van der Waals surface area (Å²) in [4.78, 5) is 1.95. The number of aliphatic hydroxyl groups excluding tert-OH is 1. The van der Waals surface area contributed by atoms with E-state index in [1.54, 1.807) is 0 Å². The molecule has 0 saturated heterocycles. The third kappa shape index (κ3) is 4.55. The van der Waals surface area contributed by atoms with Crippen molar-refractivity contribution in [1.29, 1.82) is 0 Å². The normalized spacial score (nSPS) is 12.0. The fourth-order valence-electron chi connectivity index (χ4n) is 2.02. The number of halogens is 1. The van der Waals surface area contributed by atoms with Crippen molar-refractivity contribution >= 4 is 27.3 Å². The lowest BCUT2D eigenvalue weighted by atomic mass is 10.2. The Morgan fingerprint density at radius 2 is 1.95 bits per heavy atom. The molecule has 0 amide bonds. The van der Waals surface area contributed by atoms with Crippen LogP contribution in [0.25, 0.3) is 0 Å². The maximum absolute atomic E-state index is 12.4. The molecule has 0 aliphatic carbocycles. The van der Waals surface area contributed by atoms with Gasteiger partial charge in [0.2, 0.25) is 10.0 Å². The molecule has 21 heavy (non-hydrogen) atoms. The topological polar surface area (TPSA) is 95.7 Å². The van der Waals surface area contributed by atoms with E-state index in [0.717, 1.165) is 13.1 Å². The molecular formula is C13H22ClN3O3S. The van der Waals surface area contributed by atoms with E-state index < -0.39 is 16.6 Å². The maximum Gasteiger partial charge on any atom is 0.242 e. The number of benzene rings is 1. The molecule has 1 aromatic rings. The molecule has 0 aliphatic rings. The van der Waals surface area contributed by atoms with Crippen molar-refractivity contribution < 1.29 is 13.5 Å². The van der Waals surface area contributed by atoms with Crippen LogP contribution in [0.15, 0.2) is 17.0 Å². The number of sulfonamides is 1. The monoisotopic (exact) mass is 335 g/mol. The van der Waals surface area contributed by atoms with E-state index in [1.807, 2.05) is 13.8 Å². The highest BCUT2D eigenvalue weighted by molar-refractivity contribution is 7.89. The van der Waals surface area contributed by atoms with Crippen LogP contribution >= 0.6 is 11.6 Å². The van der Waals surface area contributed by atoms with E-state index in [9.17, 15) is 13.5 Å². The Balaban J connectivity index is 2.96. The van der Waals surface area contributed by atoms with Crippen molar-refractivity contribution in [2.24, 2.45) is 0 Å². The molecule has 0 heterocycles. The van der Waals surface area contributed by atoms with Crippen LogP contribution < -0.4 is 10.5 Å². The second-order valence-electron chi connectivity index (χ2n) is 4.53. The molecule has 0 saturated carbocycles. The summed E-state index contributed by atoms with van der Waals surface area (Å²) in [7, 11) is -3.82. The largest absolute Gasteiger partial charge is 0.398 e. The number of nitrogen functional groups attached to an aromatic ring is 1.